The van der Waals surface area contributed by atoms with Gasteiger partial charge in [-0.25, -0.2) is 17.9 Å². The van der Waals surface area contributed by atoms with E-state index in [9.17, 15) is 12.8 Å². The first-order valence-corrected chi connectivity index (χ1v) is 5.59. The van der Waals surface area contributed by atoms with Crippen molar-refractivity contribution in [2.45, 2.75) is 25.7 Å². The molecule has 0 bridgehead atoms. The van der Waals surface area contributed by atoms with Gasteiger partial charge in [0, 0.05) is 5.56 Å². The number of hydrogen-bond donors (Lipinski definition) is 1. The average Bonchev–Trinajstić information content (AvgIpc) is 1.97. The summed E-state index contributed by atoms with van der Waals surface area (Å²) in [6.45, 7) is 4.59. The minimum Gasteiger partial charge on any atom is -0.225 e. The minimum atomic E-state index is -3.84. The van der Waals surface area contributed by atoms with Gasteiger partial charge in [-0.2, -0.15) is 0 Å². The molecule has 0 amide bonds. The molecule has 78 valence electrons. The van der Waals surface area contributed by atoms with Crippen molar-refractivity contribution in [3.05, 3.63) is 28.6 Å². The highest BCUT2D eigenvalue weighted by molar-refractivity contribution is 7.89. The van der Waals surface area contributed by atoms with Gasteiger partial charge in [0.2, 0.25) is 10.0 Å². The summed E-state index contributed by atoms with van der Waals surface area (Å²) in [7, 11) is -3.84. The number of nitrogens with two attached hydrogens (primary N) is 1. The molecule has 1 aromatic carbocycles. The van der Waals surface area contributed by atoms with Gasteiger partial charge in [0.05, 0.1) is 4.90 Å². The zero-order valence-corrected chi connectivity index (χ0v) is 9.07. The van der Waals surface area contributed by atoms with E-state index >= 15 is 0 Å². The Hall–Kier alpha value is -0.940. The van der Waals surface area contributed by atoms with Crippen molar-refractivity contribution in [1.29, 1.82) is 0 Å². The van der Waals surface area contributed by atoms with Crippen molar-refractivity contribution in [2.75, 3.05) is 0 Å². The molecule has 0 radical (unpaired) electrons. The van der Waals surface area contributed by atoms with E-state index < -0.39 is 15.8 Å². The molecule has 0 fully saturated rings. The molecule has 0 saturated heterocycles. The van der Waals surface area contributed by atoms with Crippen LogP contribution in [-0.4, -0.2) is 8.42 Å². The summed E-state index contributed by atoms with van der Waals surface area (Å²) in [5.74, 6) is -0.514. The largest absolute Gasteiger partial charge is 0.238 e. The first kappa shape index (κ1) is 11.1. The monoisotopic (exact) mass is 217 g/mol. The van der Waals surface area contributed by atoms with Gasteiger partial charge >= 0.3 is 0 Å². The molecule has 0 spiro atoms. The maximum Gasteiger partial charge on any atom is 0.238 e. The Morgan fingerprint density at radius 3 is 2.14 bits per heavy atom. The predicted molar refractivity (Wildman–Crippen MR) is 52.0 cm³/mol. The topological polar surface area (TPSA) is 60.2 Å². The lowest BCUT2D eigenvalue weighted by Crippen LogP contribution is -2.16. The van der Waals surface area contributed by atoms with Gasteiger partial charge in [-0.1, -0.05) is 6.07 Å². The highest BCUT2D eigenvalue weighted by atomic mass is 32.2. The van der Waals surface area contributed by atoms with Crippen molar-refractivity contribution >= 4 is 10.0 Å². The average molecular weight is 217 g/mol. The molecule has 5 heteroatoms. The number of aryl methyl sites for hydroxylation is 2. The van der Waals surface area contributed by atoms with E-state index in [4.69, 9.17) is 5.14 Å². The predicted octanol–water partition coefficient (Wildman–Crippen LogP) is 1.40. The van der Waals surface area contributed by atoms with Crippen LogP contribution in [0.3, 0.4) is 0 Å². The number of benzene rings is 1. The minimum absolute atomic E-state index is 0.0880. The van der Waals surface area contributed by atoms with E-state index in [1.807, 2.05) is 0 Å². The Balaban J connectivity index is 3.70. The highest BCUT2D eigenvalue weighted by Crippen LogP contribution is 2.23. The standard InChI is InChI=1S/C9H12FNO2S/c1-5-4-6(2)9(14(11,12)13)7(3)8(5)10/h4H,1-3H3,(H2,11,12,13). The third-order valence-corrected chi connectivity index (χ3v) is 3.29. The fraction of sp³-hybridized carbons (Fsp3) is 0.333. The van der Waals surface area contributed by atoms with Crippen LogP contribution in [0.5, 0.6) is 0 Å². The molecule has 2 N–H and O–H groups in total. The lowest BCUT2D eigenvalue weighted by Gasteiger charge is -2.10. The Bertz CT molecular complexity index is 480. The molecule has 3 nitrogen and oxygen atoms in total. The van der Waals surface area contributed by atoms with Crippen LogP contribution in [0.15, 0.2) is 11.0 Å². The van der Waals surface area contributed by atoms with Crippen molar-refractivity contribution in [3.63, 3.8) is 0 Å². The van der Waals surface area contributed by atoms with Crippen LogP contribution >= 0.6 is 0 Å². The van der Waals surface area contributed by atoms with Crippen molar-refractivity contribution in [3.8, 4) is 0 Å². The molecule has 0 aromatic heterocycles. The molecule has 14 heavy (non-hydrogen) atoms. The smallest absolute Gasteiger partial charge is 0.225 e. The van der Waals surface area contributed by atoms with Crippen LogP contribution in [0.2, 0.25) is 0 Å². The molecule has 0 saturated carbocycles. The van der Waals surface area contributed by atoms with Gasteiger partial charge < -0.3 is 0 Å². The van der Waals surface area contributed by atoms with Crippen molar-refractivity contribution < 1.29 is 12.8 Å². The van der Waals surface area contributed by atoms with Crippen LogP contribution < -0.4 is 5.14 Å². The summed E-state index contributed by atoms with van der Waals surface area (Å²) in [6.07, 6.45) is 0. The van der Waals surface area contributed by atoms with Gasteiger partial charge in [0.25, 0.3) is 0 Å². The summed E-state index contributed by atoms with van der Waals surface area (Å²) in [5, 5.41) is 4.98. The van der Waals surface area contributed by atoms with E-state index in [-0.39, 0.29) is 10.5 Å². The van der Waals surface area contributed by atoms with E-state index in [1.54, 1.807) is 13.8 Å². The molecule has 0 heterocycles. The van der Waals surface area contributed by atoms with Gasteiger partial charge in [-0.3, -0.25) is 0 Å². The molecule has 0 atom stereocenters. The molecule has 0 unspecified atom stereocenters. The second kappa shape index (κ2) is 3.33. The van der Waals surface area contributed by atoms with Crippen molar-refractivity contribution in [2.24, 2.45) is 5.14 Å². The Morgan fingerprint density at radius 1 is 1.21 bits per heavy atom. The Morgan fingerprint density at radius 2 is 1.71 bits per heavy atom. The summed E-state index contributed by atoms with van der Waals surface area (Å²) in [5.41, 5.74) is 0.987. The number of sulfonamides is 1. The molecule has 1 rings (SSSR count). The third-order valence-electron chi connectivity index (χ3n) is 2.09. The van der Waals surface area contributed by atoms with Crippen LogP contribution in [-0.2, 0) is 10.0 Å². The van der Waals surface area contributed by atoms with Gasteiger partial charge in [0.1, 0.15) is 5.82 Å². The highest BCUT2D eigenvalue weighted by Gasteiger charge is 2.18. The van der Waals surface area contributed by atoms with Crippen LogP contribution in [0.4, 0.5) is 4.39 Å². The molecular weight excluding hydrogens is 205 g/mol. The van der Waals surface area contributed by atoms with Gasteiger partial charge in [0.15, 0.2) is 0 Å². The number of halogens is 1. The Kier molecular flexibility index (Phi) is 2.65. The quantitative estimate of drug-likeness (QED) is 0.772. The summed E-state index contributed by atoms with van der Waals surface area (Å²) < 4.78 is 35.7. The zero-order valence-electron chi connectivity index (χ0n) is 8.26. The molecule has 0 aliphatic heterocycles. The van der Waals surface area contributed by atoms with E-state index in [0.29, 0.717) is 11.1 Å². The zero-order chi connectivity index (χ0) is 11.1. The van der Waals surface area contributed by atoms with E-state index in [2.05, 4.69) is 0 Å². The first-order valence-electron chi connectivity index (χ1n) is 4.04. The summed E-state index contributed by atoms with van der Waals surface area (Å²) in [4.78, 5) is -0.111. The molecule has 0 aliphatic rings. The lowest BCUT2D eigenvalue weighted by atomic mass is 10.1. The fourth-order valence-corrected chi connectivity index (χ4v) is 2.61. The number of rotatable bonds is 1. The third kappa shape index (κ3) is 1.78. The summed E-state index contributed by atoms with van der Waals surface area (Å²) >= 11 is 0. The molecular formula is C9H12FNO2S. The number of hydrogen-bond acceptors (Lipinski definition) is 2. The first-order chi connectivity index (χ1) is 6.25. The van der Waals surface area contributed by atoms with Crippen LogP contribution in [0.25, 0.3) is 0 Å². The van der Waals surface area contributed by atoms with Crippen LogP contribution in [0, 0.1) is 26.6 Å². The second-order valence-electron chi connectivity index (χ2n) is 3.32. The molecule has 0 aliphatic carbocycles. The normalized spacial score (nSPS) is 11.8. The lowest BCUT2D eigenvalue weighted by molar-refractivity contribution is 0.583. The van der Waals surface area contributed by atoms with E-state index in [0.717, 1.165) is 0 Å². The van der Waals surface area contributed by atoms with E-state index in [1.165, 1.54) is 13.0 Å². The second-order valence-corrected chi connectivity index (χ2v) is 4.82. The van der Waals surface area contributed by atoms with Gasteiger partial charge in [-0.05, 0) is 31.9 Å². The van der Waals surface area contributed by atoms with Crippen LogP contribution in [0.1, 0.15) is 16.7 Å². The summed E-state index contributed by atoms with van der Waals surface area (Å²) in [6, 6.07) is 1.47. The van der Waals surface area contributed by atoms with Crippen molar-refractivity contribution in [1.82, 2.24) is 0 Å². The Labute approximate surface area is 82.8 Å². The van der Waals surface area contributed by atoms with Gasteiger partial charge in [-0.15, -0.1) is 0 Å². The fourth-order valence-electron chi connectivity index (χ4n) is 1.58. The number of primary sulfonamides is 1. The SMILES string of the molecule is Cc1cc(C)c(S(N)(=O)=O)c(C)c1F. The maximum absolute atomic E-state index is 13.4. The molecule has 1 aromatic rings. The maximum atomic E-state index is 13.4.